The molecule has 1 N–H and O–H groups in total. The van der Waals surface area contributed by atoms with E-state index in [4.69, 9.17) is 4.42 Å². The normalized spacial score (nSPS) is 29.3. The summed E-state index contributed by atoms with van der Waals surface area (Å²) in [5, 5.41) is 3.37. The minimum Gasteiger partial charge on any atom is -0.441 e. The number of amides is 1. The fourth-order valence-electron chi connectivity index (χ4n) is 7.26. The van der Waals surface area contributed by atoms with Gasteiger partial charge in [0.25, 0.3) is 5.91 Å². The quantitative estimate of drug-likeness (QED) is 0.528. The minimum absolute atomic E-state index is 0.0115. The smallest absolute Gasteiger partial charge is 0.251 e. The molecule has 0 unspecified atom stereocenters. The van der Waals surface area contributed by atoms with Crippen LogP contribution in [0, 0.1) is 23.2 Å². The van der Waals surface area contributed by atoms with E-state index in [0.717, 1.165) is 42.0 Å². The number of aromatic nitrogens is 1. The second-order valence-electron chi connectivity index (χ2n) is 10.8. The molecule has 3 aromatic rings. The van der Waals surface area contributed by atoms with Gasteiger partial charge in [-0.25, -0.2) is 4.98 Å². The molecule has 4 nitrogen and oxygen atoms in total. The number of carbonyl (C=O) groups is 1. The summed E-state index contributed by atoms with van der Waals surface area (Å²) in [5.41, 5.74) is 3.76. The molecule has 4 heteroatoms. The lowest BCUT2D eigenvalue weighted by atomic mass is 9.48. The summed E-state index contributed by atoms with van der Waals surface area (Å²) in [5.74, 6) is 3.40. The topological polar surface area (TPSA) is 55.1 Å². The van der Waals surface area contributed by atoms with Crippen LogP contribution < -0.4 is 5.32 Å². The Hall–Kier alpha value is -2.62. The number of hydrogen-bond donors (Lipinski definition) is 1. The van der Waals surface area contributed by atoms with Gasteiger partial charge in [0.05, 0.1) is 0 Å². The standard InChI is InChI=1S/C28H32N2O2/c1-18(28-15-20-11-21(16-28)13-22(12-20)17-28)29-27(31)23-8-9-24-25(14-23)32-26(30-24)10-7-19-5-3-2-4-6-19/h2-6,8-9,14,18,20-22H,7,10-13,15-17H2,1H3,(H,29,31)/t18-,20?,21?,22?,28?/m1/s1. The Morgan fingerprint density at radius 2 is 1.72 bits per heavy atom. The van der Waals surface area contributed by atoms with Crippen LogP contribution in [-0.2, 0) is 12.8 Å². The third-order valence-electron chi connectivity index (χ3n) is 8.52. The molecule has 0 saturated heterocycles. The van der Waals surface area contributed by atoms with Gasteiger partial charge < -0.3 is 9.73 Å². The summed E-state index contributed by atoms with van der Waals surface area (Å²) in [4.78, 5) is 17.8. The Morgan fingerprint density at radius 3 is 2.41 bits per heavy atom. The minimum atomic E-state index is 0.0115. The largest absolute Gasteiger partial charge is 0.441 e. The van der Waals surface area contributed by atoms with E-state index in [1.165, 1.54) is 44.1 Å². The third kappa shape index (κ3) is 3.64. The predicted octanol–water partition coefficient (Wildman–Crippen LogP) is 5.95. The van der Waals surface area contributed by atoms with Gasteiger partial charge in [0.15, 0.2) is 11.5 Å². The molecule has 32 heavy (non-hydrogen) atoms. The Morgan fingerprint density at radius 1 is 1.03 bits per heavy atom. The first-order valence-corrected chi connectivity index (χ1v) is 12.3. The molecule has 166 valence electrons. The molecular formula is C28H32N2O2. The van der Waals surface area contributed by atoms with E-state index in [9.17, 15) is 4.79 Å². The van der Waals surface area contributed by atoms with Crippen molar-refractivity contribution in [3.63, 3.8) is 0 Å². The van der Waals surface area contributed by atoms with Crippen molar-refractivity contribution in [3.8, 4) is 0 Å². The maximum absolute atomic E-state index is 13.1. The van der Waals surface area contributed by atoms with Gasteiger partial charge in [-0.3, -0.25) is 4.79 Å². The van der Waals surface area contributed by atoms with Crippen LogP contribution in [-0.4, -0.2) is 16.9 Å². The fourth-order valence-corrected chi connectivity index (χ4v) is 7.26. The van der Waals surface area contributed by atoms with Crippen molar-refractivity contribution >= 4 is 17.0 Å². The van der Waals surface area contributed by atoms with Gasteiger partial charge in [0.1, 0.15) is 5.52 Å². The maximum atomic E-state index is 13.1. The highest BCUT2D eigenvalue weighted by atomic mass is 16.3. The van der Waals surface area contributed by atoms with E-state index >= 15 is 0 Å². The molecule has 0 spiro atoms. The van der Waals surface area contributed by atoms with Gasteiger partial charge in [-0.05, 0) is 98.8 Å². The molecule has 7 rings (SSSR count). The molecule has 1 atom stereocenters. The van der Waals surface area contributed by atoms with Crippen molar-refractivity contribution in [2.75, 3.05) is 0 Å². The Bertz CT molecular complexity index is 1100. The van der Waals surface area contributed by atoms with Crippen molar-refractivity contribution in [1.29, 1.82) is 0 Å². The van der Waals surface area contributed by atoms with Crippen LogP contribution in [0.15, 0.2) is 52.9 Å². The van der Waals surface area contributed by atoms with Crippen molar-refractivity contribution in [1.82, 2.24) is 10.3 Å². The number of rotatable bonds is 6. The zero-order chi connectivity index (χ0) is 21.7. The third-order valence-corrected chi connectivity index (χ3v) is 8.52. The Labute approximate surface area is 189 Å². The van der Waals surface area contributed by atoms with E-state index in [1.54, 1.807) is 0 Å². The first-order chi connectivity index (χ1) is 15.6. The van der Waals surface area contributed by atoms with Crippen LogP contribution in [0.5, 0.6) is 0 Å². The summed E-state index contributed by atoms with van der Waals surface area (Å²) >= 11 is 0. The van der Waals surface area contributed by atoms with Gasteiger partial charge >= 0.3 is 0 Å². The molecule has 1 aromatic heterocycles. The number of carbonyl (C=O) groups excluding carboxylic acids is 1. The monoisotopic (exact) mass is 428 g/mol. The first-order valence-electron chi connectivity index (χ1n) is 12.3. The number of fused-ring (bicyclic) bond motifs is 1. The van der Waals surface area contributed by atoms with Crippen LogP contribution in [0.1, 0.15) is 67.3 Å². The van der Waals surface area contributed by atoms with Crippen molar-refractivity contribution < 1.29 is 9.21 Å². The van der Waals surface area contributed by atoms with Crippen LogP contribution in [0.4, 0.5) is 0 Å². The Balaban J connectivity index is 1.15. The number of hydrogen-bond acceptors (Lipinski definition) is 3. The number of oxazole rings is 1. The molecule has 4 aliphatic carbocycles. The van der Waals surface area contributed by atoms with Gasteiger partial charge in [-0.1, -0.05) is 30.3 Å². The molecule has 0 radical (unpaired) electrons. The van der Waals surface area contributed by atoms with E-state index in [-0.39, 0.29) is 11.9 Å². The van der Waals surface area contributed by atoms with E-state index in [0.29, 0.717) is 16.6 Å². The molecule has 4 saturated carbocycles. The second-order valence-corrected chi connectivity index (χ2v) is 10.8. The number of nitrogens with zero attached hydrogens (tertiary/aromatic N) is 1. The highest BCUT2D eigenvalue weighted by molar-refractivity contribution is 5.97. The van der Waals surface area contributed by atoms with Gasteiger partial charge in [-0.2, -0.15) is 0 Å². The summed E-state index contributed by atoms with van der Waals surface area (Å²) in [6.45, 7) is 2.24. The highest BCUT2D eigenvalue weighted by Crippen LogP contribution is 2.61. The highest BCUT2D eigenvalue weighted by Gasteiger charge is 2.53. The summed E-state index contributed by atoms with van der Waals surface area (Å²) in [6, 6.07) is 16.2. The molecule has 1 amide bonds. The van der Waals surface area contributed by atoms with Gasteiger partial charge in [0, 0.05) is 18.0 Å². The summed E-state index contributed by atoms with van der Waals surface area (Å²) < 4.78 is 5.99. The lowest BCUT2D eigenvalue weighted by Gasteiger charge is -2.59. The van der Waals surface area contributed by atoms with Crippen LogP contribution in [0.2, 0.25) is 0 Å². The van der Waals surface area contributed by atoms with E-state index < -0.39 is 0 Å². The number of aryl methyl sites for hydroxylation is 2. The molecule has 4 aliphatic rings. The number of nitrogens with one attached hydrogen (secondary N) is 1. The zero-order valence-electron chi connectivity index (χ0n) is 18.8. The molecule has 2 aromatic carbocycles. The van der Waals surface area contributed by atoms with Crippen molar-refractivity contribution in [3.05, 3.63) is 65.5 Å². The summed E-state index contributed by atoms with van der Waals surface area (Å²) in [6.07, 6.45) is 9.82. The molecule has 4 fully saturated rings. The SMILES string of the molecule is C[C@@H](NC(=O)c1ccc2nc(CCc3ccccc3)oc2c1)C12CC3CC(CC(C3)C1)C2. The van der Waals surface area contributed by atoms with E-state index in [2.05, 4.69) is 41.5 Å². The van der Waals surface area contributed by atoms with E-state index in [1.807, 2.05) is 24.3 Å². The molecule has 1 heterocycles. The lowest BCUT2D eigenvalue weighted by Crippen LogP contribution is -2.55. The van der Waals surface area contributed by atoms with Gasteiger partial charge in [0.2, 0.25) is 0 Å². The molecule has 0 aliphatic heterocycles. The predicted molar refractivity (Wildman–Crippen MR) is 125 cm³/mol. The molecular weight excluding hydrogens is 396 g/mol. The molecule has 4 bridgehead atoms. The summed E-state index contributed by atoms with van der Waals surface area (Å²) in [7, 11) is 0. The van der Waals surface area contributed by atoms with Crippen LogP contribution >= 0.6 is 0 Å². The van der Waals surface area contributed by atoms with Crippen molar-refractivity contribution in [2.45, 2.75) is 64.3 Å². The van der Waals surface area contributed by atoms with Gasteiger partial charge in [-0.15, -0.1) is 0 Å². The maximum Gasteiger partial charge on any atom is 0.251 e. The second kappa shape index (κ2) is 7.75. The first kappa shape index (κ1) is 20.0. The Kier molecular flexibility index (Phi) is 4.85. The van der Waals surface area contributed by atoms with Crippen LogP contribution in [0.25, 0.3) is 11.1 Å². The van der Waals surface area contributed by atoms with Crippen LogP contribution in [0.3, 0.4) is 0 Å². The van der Waals surface area contributed by atoms with Crippen molar-refractivity contribution in [2.24, 2.45) is 23.2 Å². The zero-order valence-corrected chi connectivity index (χ0v) is 18.8. The fraction of sp³-hybridized carbons (Fsp3) is 0.500. The number of benzene rings is 2. The lowest BCUT2D eigenvalue weighted by molar-refractivity contribution is -0.0688. The average Bonchev–Trinajstić information content (AvgIpc) is 3.19. The average molecular weight is 429 g/mol.